The van der Waals surface area contributed by atoms with Crippen LogP contribution >= 0.6 is 15.9 Å². The average Bonchev–Trinajstić information content (AvgIpc) is 3.25. The molecule has 0 spiro atoms. The predicted octanol–water partition coefficient (Wildman–Crippen LogP) is 4.26. The van der Waals surface area contributed by atoms with Crippen LogP contribution < -0.4 is 24.4 Å². The first-order valence-electron chi connectivity index (χ1n) is 9.91. The van der Waals surface area contributed by atoms with Crippen molar-refractivity contribution in [1.29, 1.82) is 5.26 Å². The number of fused-ring (bicyclic) bond motifs is 1. The van der Waals surface area contributed by atoms with Gasteiger partial charge in [0.15, 0.2) is 11.5 Å². The summed E-state index contributed by atoms with van der Waals surface area (Å²) in [6, 6.07) is 11.2. The highest BCUT2D eigenvalue weighted by atomic mass is 79.9. The second kappa shape index (κ2) is 10.2. The second-order valence-corrected chi connectivity index (χ2v) is 7.61. The molecule has 0 saturated heterocycles. The number of rotatable bonds is 8. The molecule has 2 aromatic rings. The molecule has 0 radical (unpaired) electrons. The van der Waals surface area contributed by atoms with E-state index >= 15 is 0 Å². The van der Waals surface area contributed by atoms with E-state index in [-0.39, 0.29) is 18.9 Å². The van der Waals surface area contributed by atoms with Gasteiger partial charge in [0.1, 0.15) is 17.4 Å². The standard InChI is InChI=1S/C23H24BrN3O4/c1-4-27(5-2)19-11-21(29-3)16(10-18(19)24)9-17(12-25)23(28)26-13-15-6-7-20-22(8-15)31-14-30-20/h6-11H,4-5,13-14H2,1-3H3,(H,26,28)/b17-9+. The maximum absolute atomic E-state index is 12.6. The van der Waals surface area contributed by atoms with Crippen molar-refractivity contribution >= 4 is 33.6 Å². The number of ether oxygens (including phenoxy) is 3. The summed E-state index contributed by atoms with van der Waals surface area (Å²) in [5.41, 5.74) is 2.46. The predicted molar refractivity (Wildman–Crippen MR) is 122 cm³/mol. The molecule has 8 heteroatoms. The van der Waals surface area contributed by atoms with Crippen LogP contribution in [-0.4, -0.2) is 32.9 Å². The van der Waals surface area contributed by atoms with E-state index in [9.17, 15) is 10.1 Å². The summed E-state index contributed by atoms with van der Waals surface area (Å²) in [5.74, 6) is 1.44. The maximum Gasteiger partial charge on any atom is 0.262 e. The van der Waals surface area contributed by atoms with Crippen molar-refractivity contribution in [2.24, 2.45) is 0 Å². The van der Waals surface area contributed by atoms with Gasteiger partial charge in [-0.25, -0.2) is 0 Å². The van der Waals surface area contributed by atoms with Crippen LogP contribution in [0.1, 0.15) is 25.0 Å². The molecule has 31 heavy (non-hydrogen) atoms. The molecular formula is C23H24BrN3O4. The Morgan fingerprint density at radius 1 is 1.26 bits per heavy atom. The average molecular weight is 486 g/mol. The Hall–Kier alpha value is -3.18. The van der Waals surface area contributed by atoms with Gasteiger partial charge in [0.25, 0.3) is 5.91 Å². The van der Waals surface area contributed by atoms with E-state index in [0.29, 0.717) is 22.8 Å². The van der Waals surface area contributed by atoms with Gasteiger partial charge in [0.05, 0.1) is 12.8 Å². The Morgan fingerprint density at radius 3 is 2.68 bits per heavy atom. The minimum Gasteiger partial charge on any atom is -0.496 e. The number of anilines is 1. The van der Waals surface area contributed by atoms with Crippen LogP contribution in [0.15, 0.2) is 40.4 Å². The van der Waals surface area contributed by atoms with Gasteiger partial charge in [-0.2, -0.15) is 5.26 Å². The van der Waals surface area contributed by atoms with Crippen molar-refractivity contribution in [1.82, 2.24) is 5.32 Å². The zero-order valence-corrected chi connectivity index (χ0v) is 19.3. The quantitative estimate of drug-likeness (QED) is 0.444. The number of nitrogens with one attached hydrogen (secondary N) is 1. The number of hydrogen-bond donors (Lipinski definition) is 1. The van der Waals surface area contributed by atoms with Gasteiger partial charge in [-0.05, 0) is 59.6 Å². The number of nitrogens with zero attached hydrogens (tertiary/aromatic N) is 2. The molecule has 7 nitrogen and oxygen atoms in total. The first kappa shape index (κ1) is 22.5. The minimum absolute atomic E-state index is 0.0125. The number of hydrogen-bond acceptors (Lipinski definition) is 6. The number of amides is 1. The van der Waals surface area contributed by atoms with Crippen molar-refractivity contribution in [2.75, 3.05) is 31.9 Å². The molecule has 1 aliphatic heterocycles. The van der Waals surface area contributed by atoms with Crippen LogP contribution in [-0.2, 0) is 11.3 Å². The minimum atomic E-state index is -0.467. The lowest BCUT2D eigenvalue weighted by molar-refractivity contribution is -0.117. The summed E-state index contributed by atoms with van der Waals surface area (Å²) < 4.78 is 17.0. The van der Waals surface area contributed by atoms with E-state index in [1.807, 2.05) is 30.3 Å². The van der Waals surface area contributed by atoms with Gasteiger partial charge in [-0.1, -0.05) is 6.07 Å². The van der Waals surface area contributed by atoms with E-state index in [1.165, 1.54) is 6.08 Å². The third-order valence-electron chi connectivity index (χ3n) is 4.96. The lowest BCUT2D eigenvalue weighted by Crippen LogP contribution is -2.24. The summed E-state index contributed by atoms with van der Waals surface area (Å²) >= 11 is 3.60. The Kier molecular flexibility index (Phi) is 7.42. The maximum atomic E-state index is 12.6. The largest absolute Gasteiger partial charge is 0.496 e. The number of nitriles is 1. The molecule has 0 fully saturated rings. The summed E-state index contributed by atoms with van der Waals surface area (Å²) in [5, 5.41) is 12.3. The number of carbonyl (C=O) groups is 1. The highest BCUT2D eigenvalue weighted by molar-refractivity contribution is 9.10. The molecular weight excluding hydrogens is 462 g/mol. The fourth-order valence-electron chi connectivity index (χ4n) is 3.29. The summed E-state index contributed by atoms with van der Waals surface area (Å²) in [6.45, 7) is 6.30. The third-order valence-corrected chi connectivity index (χ3v) is 5.59. The highest BCUT2D eigenvalue weighted by Gasteiger charge is 2.16. The number of halogens is 1. The summed E-state index contributed by atoms with van der Waals surface area (Å²) in [7, 11) is 1.57. The van der Waals surface area contributed by atoms with E-state index in [0.717, 1.165) is 28.8 Å². The normalized spacial score (nSPS) is 12.3. The molecule has 0 aliphatic carbocycles. The van der Waals surface area contributed by atoms with Gasteiger partial charge < -0.3 is 24.4 Å². The van der Waals surface area contributed by atoms with Crippen LogP contribution in [0.2, 0.25) is 0 Å². The zero-order valence-electron chi connectivity index (χ0n) is 17.7. The number of carbonyl (C=O) groups excluding carboxylic acids is 1. The molecule has 2 aromatic carbocycles. The molecule has 1 amide bonds. The first-order chi connectivity index (χ1) is 15.0. The van der Waals surface area contributed by atoms with Crippen LogP contribution in [0.25, 0.3) is 6.08 Å². The SMILES string of the molecule is CCN(CC)c1cc(OC)c(/C=C(\C#N)C(=O)NCc2ccc3c(c2)OCO3)cc1Br. The van der Waals surface area contributed by atoms with Gasteiger partial charge in [0.2, 0.25) is 6.79 Å². The molecule has 1 N–H and O–H groups in total. The van der Waals surface area contributed by atoms with E-state index in [1.54, 1.807) is 13.2 Å². The Balaban J connectivity index is 1.79. The van der Waals surface area contributed by atoms with Crippen LogP contribution in [0.3, 0.4) is 0 Å². The molecule has 1 aliphatic rings. The topological polar surface area (TPSA) is 83.8 Å². The van der Waals surface area contributed by atoms with Gasteiger partial charge in [-0.3, -0.25) is 4.79 Å². The van der Waals surface area contributed by atoms with E-state index < -0.39 is 5.91 Å². The Labute approximate surface area is 190 Å². The Morgan fingerprint density at radius 2 is 2.00 bits per heavy atom. The van der Waals surface area contributed by atoms with Crippen molar-refractivity contribution in [3.63, 3.8) is 0 Å². The van der Waals surface area contributed by atoms with Crippen LogP contribution in [0.5, 0.6) is 17.2 Å². The number of methoxy groups -OCH3 is 1. The monoisotopic (exact) mass is 485 g/mol. The van der Waals surface area contributed by atoms with Crippen molar-refractivity contribution in [3.05, 3.63) is 51.5 Å². The molecule has 0 atom stereocenters. The first-order valence-corrected chi connectivity index (χ1v) is 10.7. The highest BCUT2D eigenvalue weighted by Crippen LogP contribution is 2.35. The smallest absolute Gasteiger partial charge is 0.262 e. The van der Waals surface area contributed by atoms with Crippen molar-refractivity contribution in [2.45, 2.75) is 20.4 Å². The van der Waals surface area contributed by atoms with Gasteiger partial charge >= 0.3 is 0 Å². The lowest BCUT2D eigenvalue weighted by atomic mass is 10.1. The lowest BCUT2D eigenvalue weighted by Gasteiger charge is -2.23. The van der Waals surface area contributed by atoms with Crippen molar-refractivity contribution in [3.8, 4) is 23.3 Å². The Bertz CT molecular complexity index is 1040. The van der Waals surface area contributed by atoms with Crippen LogP contribution in [0.4, 0.5) is 5.69 Å². The van der Waals surface area contributed by atoms with Crippen molar-refractivity contribution < 1.29 is 19.0 Å². The molecule has 0 bridgehead atoms. The number of benzene rings is 2. The van der Waals surface area contributed by atoms with E-state index in [2.05, 4.69) is 40.0 Å². The second-order valence-electron chi connectivity index (χ2n) is 6.76. The molecule has 0 unspecified atom stereocenters. The van der Waals surface area contributed by atoms with E-state index in [4.69, 9.17) is 14.2 Å². The fraction of sp³-hybridized carbons (Fsp3) is 0.304. The fourth-order valence-corrected chi connectivity index (χ4v) is 3.90. The molecule has 3 rings (SSSR count). The molecule has 0 aromatic heterocycles. The van der Waals surface area contributed by atoms with Gasteiger partial charge in [0, 0.05) is 35.7 Å². The summed E-state index contributed by atoms with van der Waals surface area (Å²) in [6.07, 6.45) is 1.53. The zero-order chi connectivity index (χ0) is 22.4. The molecule has 1 heterocycles. The van der Waals surface area contributed by atoms with Crippen LogP contribution in [0, 0.1) is 11.3 Å². The molecule has 162 valence electrons. The third kappa shape index (κ3) is 5.12. The molecule has 0 saturated carbocycles. The summed E-state index contributed by atoms with van der Waals surface area (Å²) in [4.78, 5) is 14.8. The van der Waals surface area contributed by atoms with Gasteiger partial charge in [-0.15, -0.1) is 0 Å².